The normalized spacial score (nSPS) is 17.3. The third-order valence-corrected chi connectivity index (χ3v) is 5.87. The molecule has 0 aliphatic carbocycles. The Balaban J connectivity index is 1.57. The van der Waals surface area contributed by atoms with Crippen molar-refractivity contribution in [3.8, 4) is 0 Å². The van der Waals surface area contributed by atoms with Crippen LogP contribution in [0.5, 0.6) is 0 Å². The molecule has 0 bridgehead atoms. The third-order valence-electron chi connectivity index (χ3n) is 5.87. The van der Waals surface area contributed by atoms with Gasteiger partial charge in [-0.2, -0.15) is 5.10 Å². The summed E-state index contributed by atoms with van der Waals surface area (Å²) in [7, 11) is 6.13. The number of carbonyl (C=O) groups excluding carboxylic acids is 1. The molecule has 1 fully saturated rings. The molecule has 1 unspecified atom stereocenters. The van der Waals surface area contributed by atoms with E-state index in [2.05, 4.69) is 46.4 Å². The first kappa shape index (κ1) is 19.6. The molecule has 1 aromatic heterocycles. The lowest BCUT2D eigenvalue weighted by molar-refractivity contribution is 0.102. The maximum Gasteiger partial charge on any atom is 0.276 e. The van der Waals surface area contributed by atoms with Crippen LogP contribution in [-0.2, 0) is 13.6 Å². The first-order chi connectivity index (χ1) is 13.9. The molecule has 152 valence electrons. The average molecular weight is 392 g/mol. The summed E-state index contributed by atoms with van der Waals surface area (Å²) in [6, 6.07) is 12.8. The minimum absolute atomic E-state index is 0.150. The number of carbonyl (C=O) groups is 1. The summed E-state index contributed by atoms with van der Waals surface area (Å²) in [5.41, 5.74) is 3.39. The minimum Gasteiger partial charge on any atom is -0.320 e. The number of fused-ring (bicyclic) bond motifs is 1. The van der Waals surface area contributed by atoms with Gasteiger partial charge in [0.1, 0.15) is 0 Å². The highest BCUT2D eigenvalue weighted by Crippen LogP contribution is 2.28. The summed E-state index contributed by atoms with van der Waals surface area (Å²) < 4.78 is 1.74. The molecule has 6 heteroatoms. The van der Waals surface area contributed by atoms with Gasteiger partial charge in [-0.15, -0.1) is 0 Å². The maximum atomic E-state index is 13.2. The molecular weight excluding hydrogens is 362 g/mol. The molecule has 4 rings (SSSR count). The van der Waals surface area contributed by atoms with E-state index in [0.29, 0.717) is 11.7 Å². The molecule has 1 amide bonds. The van der Waals surface area contributed by atoms with Crippen LogP contribution < -0.4 is 5.32 Å². The van der Waals surface area contributed by atoms with Gasteiger partial charge in [-0.05, 0) is 38.4 Å². The zero-order chi connectivity index (χ0) is 20.5. The molecule has 3 aromatic rings. The van der Waals surface area contributed by atoms with Crippen LogP contribution in [0.25, 0.3) is 10.8 Å². The quantitative estimate of drug-likeness (QED) is 0.725. The van der Waals surface area contributed by atoms with Gasteiger partial charge in [0, 0.05) is 49.9 Å². The number of rotatable bonds is 5. The van der Waals surface area contributed by atoms with Gasteiger partial charge in [0.2, 0.25) is 0 Å². The van der Waals surface area contributed by atoms with Crippen LogP contribution in [0.1, 0.15) is 28.0 Å². The number of hydrogen-bond acceptors (Lipinski definition) is 4. The van der Waals surface area contributed by atoms with Crippen molar-refractivity contribution in [3.63, 3.8) is 0 Å². The Labute approximate surface area is 172 Å². The molecule has 1 N–H and O–H groups in total. The predicted molar refractivity (Wildman–Crippen MR) is 117 cm³/mol. The first-order valence-corrected chi connectivity index (χ1v) is 10.1. The highest BCUT2D eigenvalue weighted by Gasteiger charge is 2.26. The van der Waals surface area contributed by atoms with E-state index in [4.69, 9.17) is 0 Å². The van der Waals surface area contributed by atoms with Crippen LogP contribution in [0.2, 0.25) is 0 Å². The van der Waals surface area contributed by atoms with Gasteiger partial charge in [0.05, 0.1) is 5.69 Å². The molecule has 6 nitrogen and oxygen atoms in total. The fourth-order valence-corrected chi connectivity index (χ4v) is 4.18. The van der Waals surface area contributed by atoms with Crippen LogP contribution in [0.3, 0.4) is 0 Å². The van der Waals surface area contributed by atoms with E-state index in [1.807, 2.05) is 44.4 Å². The maximum absolute atomic E-state index is 13.2. The Morgan fingerprint density at radius 2 is 2.03 bits per heavy atom. The van der Waals surface area contributed by atoms with Crippen LogP contribution in [0.15, 0.2) is 42.6 Å². The fraction of sp³-hybridized carbons (Fsp3) is 0.391. The second kappa shape index (κ2) is 7.97. The van der Waals surface area contributed by atoms with E-state index >= 15 is 0 Å². The molecule has 0 spiro atoms. The third kappa shape index (κ3) is 4.04. The van der Waals surface area contributed by atoms with Gasteiger partial charge in [0.25, 0.3) is 5.91 Å². The van der Waals surface area contributed by atoms with Gasteiger partial charge < -0.3 is 10.2 Å². The summed E-state index contributed by atoms with van der Waals surface area (Å²) in [6.07, 6.45) is 3.12. The van der Waals surface area contributed by atoms with Crippen molar-refractivity contribution in [3.05, 3.63) is 59.4 Å². The Morgan fingerprint density at radius 3 is 2.79 bits per heavy atom. The summed E-state index contributed by atoms with van der Waals surface area (Å²) in [6.45, 7) is 4.83. The summed E-state index contributed by atoms with van der Waals surface area (Å²) in [5, 5.41) is 9.77. The second-order valence-corrected chi connectivity index (χ2v) is 8.25. The van der Waals surface area contributed by atoms with E-state index in [0.717, 1.165) is 53.6 Å². The van der Waals surface area contributed by atoms with Crippen molar-refractivity contribution in [2.24, 2.45) is 7.05 Å². The molecule has 29 heavy (non-hydrogen) atoms. The molecule has 0 saturated carbocycles. The van der Waals surface area contributed by atoms with E-state index < -0.39 is 0 Å². The zero-order valence-corrected chi connectivity index (χ0v) is 17.6. The van der Waals surface area contributed by atoms with Gasteiger partial charge in [0.15, 0.2) is 5.69 Å². The lowest BCUT2D eigenvalue weighted by Crippen LogP contribution is -2.31. The van der Waals surface area contributed by atoms with E-state index in [1.54, 1.807) is 4.68 Å². The van der Waals surface area contributed by atoms with E-state index in [1.165, 1.54) is 0 Å². The van der Waals surface area contributed by atoms with Gasteiger partial charge in [-0.3, -0.25) is 14.4 Å². The molecule has 1 aliphatic rings. The van der Waals surface area contributed by atoms with Crippen LogP contribution >= 0.6 is 0 Å². The standard InChI is InChI=1S/C23H29N5O/c1-16-9-10-17-7-5-6-8-20(17)21(16)24-23(29)22-18(13-27(4)25-22)14-28-12-11-19(15-28)26(2)3/h5-10,13,19H,11-12,14-15H2,1-4H3,(H,24,29). The Bertz CT molecular complexity index is 1040. The van der Waals surface area contributed by atoms with Crippen molar-refractivity contribution >= 4 is 22.4 Å². The number of anilines is 1. The molecule has 1 atom stereocenters. The number of benzene rings is 2. The molecule has 1 aliphatic heterocycles. The molecule has 1 saturated heterocycles. The zero-order valence-electron chi connectivity index (χ0n) is 17.6. The van der Waals surface area contributed by atoms with E-state index in [-0.39, 0.29) is 5.91 Å². The number of amides is 1. The van der Waals surface area contributed by atoms with Crippen LogP contribution in [0.4, 0.5) is 5.69 Å². The van der Waals surface area contributed by atoms with Gasteiger partial charge in [-0.25, -0.2) is 0 Å². The highest BCUT2D eigenvalue weighted by atomic mass is 16.2. The number of nitrogens with zero attached hydrogens (tertiary/aromatic N) is 4. The minimum atomic E-state index is -0.150. The number of likely N-dealkylation sites (N-methyl/N-ethyl adjacent to an activating group) is 1. The Kier molecular flexibility index (Phi) is 5.39. The van der Waals surface area contributed by atoms with Crippen molar-refractivity contribution in [1.29, 1.82) is 0 Å². The molecule has 0 radical (unpaired) electrons. The fourth-order valence-electron chi connectivity index (χ4n) is 4.18. The van der Waals surface area contributed by atoms with Crippen molar-refractivity contribution in [2.75, 3.05) is 32.5 Å². The average Bonchev–Trinajstić information content (AvgIpc) is 3.31. The first-order valence-electron chi connectivity index (χ1n) is 10.1. The van der Waals surface area contributed by atoms with Gasteiger partial charge in [-0.1, -0.05) is 36.4 Å². The predicted octanol–water partition coefficient (Wildman–Crippen LogP) is 3.27. The highest BCUT2D eigenvalue weighted by molar-refractivity contribution is 6.09. The van der Waals surface area contributed by atoms with Gasteiger partial charge >= 0.3 is 0 Å². The number of hydrogen-bond donors (Lipinski definition) is 1. The molecule has 2 aromatic carbocycles. The Morgan fingerprint density at radius 1 is 1.24 bits per heavy atom. The second-order valence-electron chi connectivity index (χ2n) is 8.25. The van der Waals surface area contributed by atoms with Crippen molar-refractivity contribution in [2.45, 2.75) is 25.9 Å². The van der Waals surface area contributed by atoms with Crippen molar-refractivity contribution < 1.29 is 4.79 Å². The SMILES string of the molecule is Cc1ccc2ccccc2c1NC(=O)c1nn(C)cc1CN1CCC(N(C)C)C1. The summed E-state index contributed by atoms with van der Waals surface area (Å²) in [5.74, 6) is -0.150. The van der Waals surface area contributed by atoms with Crippen molar-refractivity contribution in [1.82, 2.24) is 19.6 Å². The van der Waals surface area contributed by atoms with Crippen LogP contribution in [0, 0.1) is 6.92 Å². The van der Waals surface area contributed by atoms with E-state index in [9.17, 15) is 4.79 Å². The number of aromatic nitrogens is 2. The molecule has 2 heterocycles. The smallest absolute Gasteiger partial charge is 0.276 e. The Hall–Kier alpha value is -2.70. The summed E-state index contributed by atoms with van der Waals surface area (Å²) in [4.78, 5) is 17.9. The topological polar surface area (TPSA) is 53.4 Å². The van der Waals surface area contributed by atoms with Crippen LogP contribution in [-0.4, -0.2) is 58.7 Å². The largest absolute Gasteiger partial charge is 0.320 e. The lowest BCUT2D eigenvalue weighted by atomic mass is 10.0. The number of aryl methyl sites for hydroxylation is 2. The lowest BCUT2D eigenvalue weighted by Gasteiger charge is -2.20. The molecular formula is C23H29N5O. The number of nitrogens with one attached hydrogen (secondary N) is 1. The summed E-state index contributed by atoms with van der Waals surface area (Å²) >= 11 is 0. The number of likely N-dealkylation sites (tertiary alicyclic amines) is 1. The monoisotopic (exact) mass is 391 g/mol.